The average Bonchev–Trinajstić information content (AvgIpc) is 3.43. The molecule has 0 bridgehead atoms. The van der Waals surface area contributed by atoms with Gasteiger partial charge in [-0.15, -0.1) is 0 Å². The minimum atomic E-state index is 0.688. The second-order valence-corrected chi connectivity index (χ2v) is 5.75. The van der Waals surface area contributed by atoms with Gasteiger partial charge in [-0.3, -0.25) is 0 Å². The van der Waals surface area contributed by atoms with Crippen molar-refractivity contribution in [1.82, 2.24) is 10.3 Å². The van der Waals surface area contributed by atoms with Gasteiger partial charge in [0.25, 0.3) is 0 Å². The Morgan fingerprint density at radius 1 is 1.00 bits per heavy atom. The third-order valence-corrected chi connectivity index (χ3v) is 3.92. The Bertz CT molecular complexity index is 639. The van der Waals surface area contributed by atoms with Gasteiger partial charge in [0.15, 0.2) is 11.5 Å². The number of benzene rings is 1. The van der Waals surface area contributed by atoms with E-state index in [1.165, 1.54) is 18.4 Å². The number of methoxy groups -OCH3 is 2. The first-order valence-corrected chi connectivity index (χ1v) is 7.91. The van der Waals surface area contributed by atoms with Gasteiger partial charge in [0.05, 0.1) is 14.2 Å². The van der Waals surface area contributed by atoms with Crippen molar-refractivity contribution in [1.29, 1.82) is 0 Å². The van der Waals surface area contributed by atoms with E-state index in [9.17, 15) is 0 Å². The summed E-state index contributed by atoms with van der Waals surface area (Å²) >= 11 is 0. The number of ether oxygens (including phenoxy) is 2. The molecule has 0 saturated heterocycles. The quantitative estimate of drug-likeness (QED) is 0.785. The Morgan fingerprint density at radius 3 is 2.43 bits per heavy atom. The number of hydrogen-bond acceptors (Lipinski definition) is 5. The van der Waals surface area contributed by atoms with Crippen molar-refractivity contribution >= 4 is 5.82 Å². The van der Waals surface area contributed by atoms with Crippen molar-refractivity contribution in [2.24, 2.45) is 0 Å². The number of nitrogens with zero attached hydrogens (tertiary/aromatic N) is 1. The zero-order chi connectivity index (χ0) is 16.1. The predicted octanol–water partition coefficient (Wildman–Crippen LogP) is 2.96. The molecule has 122 valence electrons. The van der Waals surface area contributed by atoms with E-state index in [0.29, 0.717) is 6.54 Å². The Labute approximate surface area is 137 Å². The minimum absolute atomic E-state index is 0.688. The van der Waals surface area contributed by atoms with Crippen LogP contribution in [-0.2, 0) is 13.1 Å². The fourth-order valence-corrected chi connectivity index (χ4v) is 2.37. The smallest absolute Gasteiger partial charge is 0.161 e. The highest BCUT2D eigenvalue weighted by Crippen LogP contribution is 2.27. The monoisotopic (exact) mass is 313 g/mol. The van der Waals surface area contributed by atoms with Crippen LogP contribution >= 0.6 is 0 Å². The molecule has 2 aromatic rings. The van der Waals surface area contributed by atoms with Crippen molar-refractivity contribution in [2.75, 3.05) is 19.5 Å². The summed E-state index contributed by atoms with van der Waals surface area (Å²) in [6.07, 6.45) is 4.53. The first-order chi connectivity index (χ1) is 11.3. The van der Waals surface area contributed by atoms with Crippen LogP contribution in [0.15, 0.2) is 36.5 Å². The summed E-state index contributed by atoms with van der Waals surface area (Å²) in [5.74, 6) is 2.35. The van der Waals surface area contributed by atoms with Gasteiger partial charge in [-0.1, -0.05) is 12.1 Å². The molecule has 1 aromatic heterocycles. The number of rotatable bonds is 8. The van der Waals surface area contributed by atoms with Gasteiger partial charge in [-0.2, -0.15) is 0 Å². The lowest BCUT2D eigenvalue weighted by Crippen LogP contribution is -2.15. The van der Waals surface area contributed by atoms with Crippen LogP contribution in [-0.4, -0.2) is 25.2 Å². The van der Waals surface area contributed by atoms with Crippen molar-refractivity contribution < 1.29 is 9.47 Å². The molecule has 1 aliphatic carbocycles. The van der Waals surface area contributed by atoms with E-state index in [1.807, 2.05) is 30.5 Å². The third kappa shape index (κ3) is 4.36. The Morgan fingerprint density at radius 2 is 1.78 bits per heavy atom. The van der Waals surface area contributed by atoms with Crippen LogP contribution < -0.4 is 20.1 Å². The SMILES string of the molecule is COc1ccc(CNc2ccc(CNC3CC3)cn2)cc1OC. The van der Waals surface area contributed by atoms with Crippen molar-refractivity contribution in [3.05, 3.63) is 47.7 Å². The predicted molar refractivity (Wildman–Crippen MR) is 91.0 cm³/mol. The largest absolute Gasteiger partial charge is 0.493 e. The highest BCUT2D eigenvalue weighted by Gasteiger charge is 2.19. The van der Waals surface area contributed by atoms with Crippen LogP contribution in [0.5, 0.6) is 11.5 Å². The zero-order valence-corrected chi connectivity index (χ0v) is 13.6. The van der Waals surface area contributed by atoms with Gasteiger partial charge in [-0.05, 0) is 42.2 Å². The average molecular weight is 313 g/mol. The fourth-order valence-electron chi connectivity index (χ4n) is 2.37. The van der Waals surface area contributed by atoms with Gasteiger partial charge >= 0.3 is 0 Å². The molecule has 1 aliphatic rings. The van der Waals surface area contributed by atoms with Crippen LogP contribution in [0.3, 0.4) is 0 Å². The molecule has 0 amide bonds. The molecule has 23 heavy (non-hydrogen) atoms. The van der Waals surface area contributed by atoms with Crippen LogP contribution in [0.25, 0.3) is 0 Å². The van der Waals surface area contributed by atoms with Crippen LogP contribution in [0.4, 0.5) is 5.82 Å². The molecule has 1 aromatic carbocycles. The molecule has 3 rings (SSSR count). The standard InChI is InChI=1S/C18H23N3O2/c1-22-16-7-3-13(9-17(16)23-2)10-20-18-8-4-14(12-21-18)11-19-15-5-6-15/h3-4,7-9,12,15,19H,5-6,10-11H2,1-2H3,(H,20,21). The molecule has 0 radical (unpaired) electrons. The maximum Gasteiger partial charge on any atom is 0.161 e. The van der Waals surface area contributed by atoms with Crippen molar-refractivity contribution in [3.63, 3.8) is 0 Å². The fraction of sp³-hybridized carbons (Fsp3) is 0.389. The second kappa shape index (κ2) is 7.33. The molecule has 0 unspecified atom stereocenters. The first-order valence-electron chi connectivity index (χ1n) is 7.91. The Hall–Kier alpha value is -2.27. The molecule has 1 fully saturated rings. The molecule has 5 nitrogen and oxygen atoms in total. The van der Waals surface area contributed by atoms with Gasteiger partial charge in [0.2, 0.25) is 0 Å². The number of anilines is 1. The van der Waals surface area contributed by atoms with E-state index >= 15 is 0 Å². The van der Waals surface area contributed by atoms with E-state index in [-0.39, 0.29) is 0 Å². The molecule has 1 saturated carbocycles. The summed E-state index contributed by atoms with van der Waals surface area (Å²) in [6.45, 7) is 1.58. The minimum Gasteiger partial charge on any atom is -0.493 e. The van der Waals surface area contributed by atoms with Crippen LogP contribution in [0.2, 0.25) is 0 Å². The molecule has 1 heterocycles. The van der Waals surface area contributed by atoms with E-state index in [4.69, 9.17) is 9.47 Å². The Kier molecular flexibility index (Phi) is 4.98. The van der Waals surface area contributed by atoms with Crippen molar-refractivity contribution in [3.8, 4) is 11.5 Å². The topological polar surface area (TPSA) is 55.4 Å². The van der Waals surface area contributed by atoms with Gasteiger partial charge in [-0.25, -0.2) is 4.98 Å². The van der Waals surface area contributed by atoms with Gasteiger partial charge in [0.1, 0.15) is 5.82 Å². The molecule has 0 atom stereocenters. The number of aromatic nitrogens is 1. The van der Waals surface area contributed by atoms with Crippen molar-refractivity contribution in [2.45, 2.75) is 32.0 Å². The first kappa shape index (κ1) is 15.6. The Balaban J connectivity index is 1.54. The normalized spacial score (nSPS) is 13.7. The summed E-state index contributed by atoms with van der Waals surface area (Å²) in [7, 11) is 3.28. The lowest BCUT2D eigenvalue weighted by molar-refractivity contribution is 0.354. The molecule has 2 N–H and O–H groups in total. The molecule has 5 heteroatoms. The number of pyridine rings is 1. The zero-order valence-electron chi connectivity index (χ0n) is 13.6. The number of nitrogens with one attached hydrogen (secondary N) is 2. The summed E-state index contributed by atoms with van der Waals surface area (Å²) in [6, 6.07) is 10.7. The lowest BCUT2D eigenvalue weighted by atomic mass is 10.2. The number of hydrogen-bond donors (Lipinski definition) is 2. The van der Waals surface area contributed by atoms with Crippen LogP contribution in [0.1, 0.15) is 24.0 Å². The van der Waals surface area contributed by atoms with E-state index in [2.05, 4.69) is 21.7 Å². The maximum atomic E-state index is 5.32. The van der Waals surface area contributed by atoms with E-state index < -0.39 is 0 Å². The maximum absolute atomic E-state index is 5.32. The third-order valence-electron chi connectivity index (χ3n) is 3.92. The summed E-state index contributed by atoms with van der Waals surface area (Å²) in [5.41, 5.74) is 2.33. The lowest BCUT2D eigenvalue weighted by Gasteiger charge is -2.11. The molecular formula is C18H23N3O2. The highest BCUT2D eigenvalue weighted by molar-refractivity contribution is 5.44. The summed E-state index contributed by atoms with van der Waals surface area (Å²) < 4.78 is 10.6. The van der Waals surface area contributed by atoms with Crippen LogP contribution in [0, 0.1) is 0 Å². The molecule has 0 aliphatic heterocycles. The second-order valence-electron chi connectivity index (χ2n) is 5.75. The van der Waals surface area contributed by atoms with E-state index in [1.54, 1.807) is 14.2 Å². The molecular weight excluding hydrogens is 290 g/mol. The molecule has 0 spiro atoms. The van der Waals surface area contributed by atoms with Gasteiger partial charge in [0, 0.05) is 25.3 Å². The summed E-state index contributed by atoms with van der Waals surface area (Å²) in [4.78, 5) is 4.46. The highest BCUT2D eigenvalue weighted by atomic mass is 16.5. The van der Waals surface area contributed by atoms with Gasteiger partial charge < -0.3 is 20.1 Å². The van der Waals surface area contributed by atoms with E-state index in [0.717, 1.165) is 35.5 Å². The summed E-state index contributed by atoms with van der Waals surface area (Å²) in [5, 5.41) is 6.81.